The summed E-state index contributed by atoms with van der Waals surface area (Å²) in [5.41, 5.74) is 0.915. The maximum atomic E-state index is 12.0. The maximum absolute atomic E-state index is 12.0. The Morgan fingerprint density at radius 1 is 1.29 bits per heavy atom. The number of aliphatic hydroxyl groups excluding tert-OH is 1. The molecular weight excluding hydrogens is 308 g/mol. The lowest BCUT2D eigenvalue weighted by Gasteiger charge is -2.17. The average molecular weight is 332 g/mol. The van der Waals surface area contributed by atoms with Gasteiger partial charge in [-0.2, -0.15) is 0 Å². The van der Waals surface area contributed by atoms with E-state index in [9.17, 15) is 9.90 Å². The van der Waals surface area contributed by atoms with Gasteiger partial charge in [0.05, 0.1) is 12.9 Å². The number of para-hydroxylation sites is 1. The molecule has 0 aliphatic carbocycles. The Hall–Kier alpha value is -2.47. The highest BCUT2D eigenvalue weighted by molar-refractivity contribution is 5.74. The summed E-state index contributed by atoms with van der Waals surface area (Å²) in [6.07, 6.45) is 1.14. The third kappa shape index (κ3) is 5.31. The molecule has 2 aromatic rings. The molecule has 3 N–H and O–H groups in total. The van der Waals surface area contributed by atoms with E-state index < -0.39 is 6.10 Å². The number of amides is 2. The van der Waals surface area contributed by atoms with E-state index in [-0.39, 0.29) is 12.1 Å². The zero-order chi connectivity index (χ0) is 17.4. The smallest absolute Gasteiger partial charge is 0.315 e. The molecule has 0 fully saturated rings. The van der Waals surface area contributed by atoms with Crippen molar-refractivity contribution in [1.29, 1.82) is 0 Å². The van der Waals surface area contributed by atoms with Crippen LogP contribution in [0.2, 0.25) is 0 Å². The van der Waals surface area contributed by atoms with Gasteiger partial charge < -0.3 is 24.9 Å². The van der Waals surface area contributed by atoms with Crippen LogP contribution in [0.15, 0.2) is 47.1 Å². The van der Waals surface area contributed by atoms with Crippen LogP contribution in [-0.2, 0) is 6.54 Å². The highest BCUT2D eigenvalue weighted by Gasteiger charge is 2.16. The fourth-order valence-corrected chi connectivity index (χ4v) is 2.39. The Bertz CT molecular complexity index is 628. The van der Waals surface area contributed by atoms with Crippen molar-refractivity contribution in [2.24, 2.45) is 0 Å². The van der Waals surface area contributed by atoms with Crippen LogP contribution in [0.3, 0.4) is 0 Å². The van der Waals surface area contributed by atoms with Crippen molar-refractivity contribution in [2.75, 3.05) is 6.61 Å². The summed E-state index contributed by atoms with van der Waals surface area (Å²) in [4.78, 5) is 12.0. The minimum Gasteiger partial charge on any atom is -0.494 e. The Morgan fingerprint density at radius 3 is 2.79 bits per heavy atom. The van der Waals surface area contributed by atoms with E-state index in [0.29, 0.717) is 25.3 Å². The molecule has 2 rings (SSSR count). The molecule has 2 atom stereocenters. The molecule has 1 aromatic heterocycles. The molecule has 0 bridgehead atoms. The summed E-state index contributed by atoms with van der Waals surface area (Å²) in [6.45, 7) is 4.70. The van der Waals surface area contributed by atoms with Crippen molar-refractivity contribution < 1.29 is 19.1 Å². The summed E-state index contributed by atoms with van der Waals surface area (Å²) in [5.74, 6) is 1.26. The molecule has 1 heterocycles. The second-order valence-corrected chi connectivity index (χ2v) is 5.54. The van der Waals surface area contributed by atoms with Gasteiger partial charge in [0.2, 0.25) is 0 Å². The third-order valence-electron chi connectivity index (χ3n) is 3.54. The molecular formula is C18H24N2O4. The van der Waals surface area contributed by atoms with Crippen LogP contribution in [-0.4, -0.2) is 23.8 Å². The molecule has 0 radical (unpaired) electrons. The number of hydrogen-bond acceptors (Lipinski definition) is 4. The average Bonchev–Trinajstić information content (AvgIpc) is 3.09. The van der Waals surface area contributed by atoms with E-state index >= 15 is 0 Å². The number of ether oxygens (including phenoxy) is 1. The predicted octanol–water partition coefficient (Wildman–Crippen LogP) is 2.99. The molecule has 0 spiro atoms. The predicted molar refractivity (Wildman–Crippen MR) is 90.7 cm³/mol. The van der Waals surface area contributed by atoms with Crippen LogP contribution in [0.25, 0.3) is 0 Å². The molecule has 6 nitrogen and oxygen atoms in total. The van der Waals surface area contributed by atoms with Crippen LogP contribution < -0.4 is 15.4 Å². The molecule has 0 aliphatic rings. The molecule has 0 aliphatic heterocycles. The lowest BCUT2D eigenvalue weighted by atomic mass is 10.1. The van der Waals surface area contributed by atoms with Crippen molar-refractivity contribution in [2.45, 2.75) is 39.0 Å². The van der Waals surface area contributed by atoms with E-state index in [1.54, 1.807) is 12.1 Å². The lowest BCUT2D eigenvalue weighted by molar-refractivity contribution is 0.129. The summed E-state index contributed by atoms with van der Waals surface area (Å²) in [6, 6.07) is 10.5. The highest BCUT2D eigenvalue weighted by atomic mass is 16.5. The highest BCUT2D eigenvalue weighted by Crippen LogP contribution is 2.19. The number of furan rings is 1. The number of aliphatic hydroxyl groups is 1. The first-order valence-electron chi connectivity index (χ1n) is 8.06. The van der Waals surface area contributed by atoms with Crippen molar-refractivity contribution in [3.8, 4) is 5.75 Å². The second kappa shape index (κ2) is 8.98. The van der Waals surface area contributed by atoms with Gasteiger partial charge >= 0.3 is 6.03 Å². The Balaban J connectivity index is 1.78. The first kappa shape index (κ1) is 17.9. The molecule has 24 heavy (non-hydrogen) atoms. The fraction of sp³-hybridized carbons (Fsp3) is 0.389. The standard InChI is InChI=1S/C18H24N2O4/c1-3-23-16-8-5-4-7-14(16)12-19-18(22)20-13(2)11-15(21)17-9-6-10-24-17/h4-10,13,15,21H,3,11-12H2,1-2H3,(H2,19,20,22). The van der Waals surface area contributed by atoms with E-state index in [0.717, 1.165) is 11.3 Å². The van der Waals surface area contributed by atoms with Crippen molar-refractivity contribution in [3.05, 3.63) is 54.0 Å². The minimum absolute atomic E-state index is 0.202. The van der Waals surface area contributed by atoms with E-state index in [1.807, 2.05) is 38.1 Å². The van der Waals surface area contributed by atoms with Gasteiger partial charge in [0.25, 0.3) is 0 Å². The summed E-state index contributed by atoms with van der Waals surface area (Å²) in [7, 11) is 0. The first-order chi connectivity index (χ1) is 11.6. The number of urea groups is 1. The monoisotopic (exact) mass is 332 g/mol. The van der Waals surface area contributed by atoms with E-state index in [1.165, 1.54) is 6.26 Å². The first-order valence-corrected chi connectivity index (χ1v) is 8.06. The molecule has 2 unspecified atom stereocenters. The zero-order valence-electron chi connectivity index (χ0n) is 14.0. The zero-order valence-corrected chi connectivity index (χ0v) is 14.0. The Labute approximate surface area is 141 Å². The summed E-state index contributed by atoms with van der Waals surface area (Å²) in [5, 5.41) is 15.6. The second-order valence-electron chi connectivity index (χ2n) is 5.54. The molecule has 0 saturated carbocycles. The fourth-order valence-electron chi connectivity index (χ4n) is 2.39. The van der Waals surface area contributed by atoms with E-state index in [2.05, 4.69) is 10.6 Å². The number of nitrogens with one attached hydrogen (secondary N) is 2. The Morgan fingerprint density at radius 2 is 2.08 bits per heavy atom. The van der Waals surface area contributed by atoms with Gasteiger partial charge in [0.15, 0.2) is 0 Å². The van der Waals surface area contributed by atoms with Crippen LogP contribution >= 0.6 is 0 Å². The summed E-state index contributed by atoms with van der Waals surface area (Å²) >= 11 is 0. The normalized spacial score (nSPS) is 13.1. The number of hydrogen-bond donors (Lipinski definition) is 3. The van der Waals surface area contributed by atoms with Crippen molar-refractivity contribution in [3.63, 3.8) is 0 Å². The maximum Gasteiger partial charge on any atom is 0.315 e. The number of carbonyl (C=O) groups is 1. The van der Waals surface area contributed by atoms with Gasteiger partial charge in [-0.3, -0.25) is 0 Å². The largest absolute Gasteiger partial charge is 0.494 e. The van der Waals surface area contributed by atoms with Crippen molar-refractivity contribution >= 4 is 6.03 Å². The minimum atomic E-state index is -0.742. The van der Waals surface area contributed by atoms with Crippen LogP contribution in [0.4, 0.5) is 4.79 Å². The van der Waals surface area contributed by atoms with E-state index in [4.69, 9.17) is 9.15 Å². The van der Waals surface area contributed by atoms with Crippen molar-refractivity contribution in [1.82, 2.24) is 10.6 Å². The van der Waals surface area contributed by atoms with Crippen LogP contribution in [0.5, 0.6) is 5.75 Å². The lowest BCUT2D eigenvalue weighted by Crippen LogP contribution is -2.41. The molecule has 0 saturated heterocycles. The molecule has 6 heteroatoms. The number of benzene rings is 1. The topological polar surface area (TPSA) is 83.7 Å². The molecule has 1 aromatic carbocycles. The van der Waals surface area contributed by atoms with Gasteiger partial charge in [0.1, 0.15) is 17.6 Å². The number of carbonyl (C=O) groups excluding carboxylic acids is 1. The van der Waals surface area contributed by atoms with Gasteiger partial charge in [-0.05, 0) is 32.0 Å². The van der Waals surface area contributed by atoms with Gasteiger partial charge in [-0.15, -0.1) is 0 Å². The van der Waals surface area contributed by atoms with Crippen LogP contribution in [0.1, 0.15) is 37.7 Å². The molecule has 2 amide bonds. The third-order valence-corrected chi connectivity index (χ3v) is 3.54. The van der Waals surface area contributed by atoms with Gasteiger partial charge in [0, 0.05) is 24.6 Å². The number of rotatable bonds is 8. The quantitative estimate of drug-likeness (QED) is 0.694. The SMILES string of the molecule is CCOc1ccccc1CNC(=O)NC(C)CC(O)c1ccco1. The summed E-state index contributed by atoms with van der Waals surface area (Å²) < 4.78 is 10.7. The van der Waals surface area contributed by atoms with Gasteiger partial charge in [-0.1, -0.05) is 18.2 Å². The van der Waals surface area contributed by atoms with Crippen LogP contribution in [0, 0.1) is 0 Å². The molecule has 130 valence electrons. The van der Waals surface area contributed by atoms with Gasteiger partial charge in [-0.25, -0.2) is 4.79 Å². The Kier molecular flexibility index (Phi) is 6.69.